The monoisotopic (exact) mass is 533 g/mol. The van der Waals surface area contributed by atoms with Crippen molar-refractivity contribution in [1.29, 1.82) is 0 Å². The van der Waals surface area contributed by atoms with Crippen molar-refractivity contribution in [2.45, 2.75) is 105 Å². The smallest absolute Gasteiger partial charge is 0.323 e. The van der Waals surface area contributed by atoms with Crippen molar-refractivity contribution in [3.05, 3.63) is 34.9 Å². The van der Waals surface area contributed by atoms with Crippen LogP contribution in [0.25, 0.3) is 0 Å². The minimum atomic E-state index is -0.357. The molecule has 1 aliphatic heterocycles. The fourth-order valence-electron chi connectivity index (χ4n) is 10.0. The zero-order valence-corrected chi connectivity index (χ0v) is 24.9. The molecule has 1 saturated heterocycles. The number of ketones is 2. The van der Waals surface area contributed by atoms with Gasteiger partial charge in [0, 0.05) is 16.7 Å². The van der Waals surface area contributed by atoms with Crippen molar-refractivity contribution in [3.63, 3.8) is 0 Å². The molecule has 5 nitrogen and oxygen atoms in total. The first-order chi connectivity index (χ1) is 18.3. The molecule has 1 heterocycles. The molecule has 0 amide bonds. The largest absolute Gasteiger partial charge is 0.464 e. The summed E-state index contributed by atoms with van der Waals surface area (Å²) >= 11 is 0. The van der Waals surface area contributed by atoms with Gasteiger partial charge in [-0.25, -0.2) is 0 Å². The van der Waals surface area contributed by atoms with E-state index in [0.29, 0.717) is 12.5 Å². The minimum absolute atomic E-state index is 0.00345. The standard InChI is InChI=1S/C34H47NO4/c1-21-22-9-10-26-32(4,23(22)18-25(36)28(21)37)14-16-34(6)27-19-30(2,20-39-29(38)24-8-7-17-35-24)11-12-31(27,3)13-15-33(26,34)5/h9-10,18,21,24,27,35H,7-8,11-17,19-20H2,1-6H3/t21?,24?,27-,30-,31-,32+,33-,34+/m1/s1. The highest BCUT2D eigenvalue weighted by Crippen LogP contribution is 2.75. The molecule has 3 saturated carbocycles. The molecule has 4 fully saturated rings. The molecule has 2 unspecified atom stereocenters. The van der Waals surface area contributed by atoms with Crippen LogP contribution in [0.15, 0.2) is 34.9 Å². The Kier molecular flexibility index (Phi) is 6.09. The number of carbonyl (C=O) groups is 3. The topological polar surface area (TPSA) is 72.5 Å². The van der Waals surface area contributed by atoms with Crippen molar-refractivity contribution in [3.8, 4) is 0 Å². The number of hydrogen-bond donors (Lipinski definition) is 1. The highest BCUT2D eigenvalue weighted by molar-refractivity contribution is 6.44. The number of hydrogen-bond acceptors (Lipinski definition) is 5. The van der Waals surface area contributed by atoms with E-state index in [0.717, 1.165) is 62.6 Å². The molecule has 6 aliphatic rings. The molecular formula is C34H47NO4. The van der Waals surface area contributed by atoms with Gasteiger partial charge in [0.2, 0.25) is 11.6 Å². The molecule has 0 aromatic heterocycles. The summed E-state index contributed by atoms with van der Waals surface area (Å²) < 4.78 is 5.98. The molecule has 0 radical (unpaired) electrons. The van der Waals surface area contributed by atoms with Crippen LogP contribution in [-0.4, -0.2) is 36.7 Å². The third kappa shape index (κ3) is 3.77. The molecule has 0 aromatic rings. The van der Waals surface area contributed by atoms with Crippen LogP contribution in [0.4, 0.5) is 0 Å². The third-order valence-electron chi connectivity index (χ3n) is 13.0. The van der Waals surface area contributed by atoms with Gasteiger partial charge in [-0.3, -0.25) is 14.4 Å². The summed E-state index contributed by atoms with van der Waals surface area (Å²) in [6.07, 6.45) is 15.9. The predicted octanol–water partition coefficient (Wildman–Crippen LogP) is 6.28. The first-order valence-electron chi connectivity index (χ1n) is 15.4. The zero-order chi connectivity index (χ0) is 28.0. The summed E-state index contributed by atoms with van der Waals surface area (Å²) in [5.41, 5.74) is 3.77. The van der Waals surface area contributed by atoms with Crippen LogP contribution in [-0.2, 0) is 19.1 Å². The fraction of sp³-hybridized carbons (Fsp3) is 0.735. The van der Waals surface area contributed by atoms with Crippen LogP contribution < -0.4 is 5.32 Å². The summed E-state index contributed by atoms with van der Waals surface area (Å²) in [4.78, 5) is 37.9. The van der Waals surface area contributed by atoms with E-state index in [1.54, 1.807) is 6.08 Å². The van der Waals surface area contributed by atoms with Gasteiger partial charge in [0.15, 0.2) is 0 Å². The average Bonchev–Trinajstić information content (AvgIpc) is 3.45. The van der Waals surface area contributed by atoms with Crippen molar-refractivity contribution in [2.75, 3.05) is 13.2 Å². The Morgan fingerprint density at radius 3 is 2.46 bits per heavy atom. The van der Waals surface area contributed by atoms with Crippen LogP contribution >= 0.6 is 0 Å². The van der Waals surface area contributed by atoms with Gasteiger partial charge in [-0.05, 0) is 104 Å². The van der Waals surface area contributed by atoms with Crippen molar-refractivity contribution < 1.29 is 19.1 Å². The number of ether oxygens (including phenoxy) is 1. The molecule has 1 N–H and O–H groups in total. The van der Waals surface area contributed by atoms with Gasteiger partial charge < -0.3 is 10.1 Å². The second-order valence-corrected chi connectivity index (χ2v) is 15.3. The van der Waals surface area contributed by atoms with Gasteiger partial charge in [0.1, 0.15) is 6.04 Å². The number of nitrogens with one attached hydrogen (secondary N) is 1. The predicted molar refractivity (Wildman–Crippen MR) is 152 cm³/mol. The maximum absolute atomic E-state index is 12.7. The number of Topliss-reactive ketones (excluding diaryl/α,β-unsaturated/α-hetero) is 1. The Labute approximate surface area is 234 Å². The Bertz CT molecular complexity index is 1220. The van der Waals surface area contributed by atoms with Gasteiger partial charge in [-0.15, -0.1) is 0 Å². The van der Waals surface area contributed by atoms with Crippen LogP contribution in [0.3, 0.4) is 0 Å². The highest BCUT2D eigenvalue weighted by atomic mass is 16.5. The van der Waals surface area contributed by atoms with E-state index in [4.69, 9.17) is 4.74 Å². The number of fused-ring (bicyclic) bond motifs is 7. The molecule has 0 spiro atoms. The van der Waals surface area contributed by atoms with Crippen LogP contribution in [0, 0.1) is 38.9 Å². The summed E-state index contributed by atoms with van der Waals surface area (Å²) in [6, 6.07) is -0.135. The average molecular weight is 534 g/mol. The van der Waals surface area contributed by atoms with E-state index < -0.39 is 0 Å². The first kappa shape index (κ1) is 27.2. The molecule has 39 heavy (non-hydrogen) atoms. The normalized spacial score (nSPS) is 47.1. The fourth-order valence-corrected chi connectivity index (χ4v) is 10.0. The Morgan fingerprint density at radius 1 is 1.00 bits per heavy atom. The van der Waals surface area contributed by atoms with Crippen molar-refractivity contribution >= 4 is 17.5 Å². The Hall–Kier alpha value is -2.01. The minimum Gasteiger partial charge on any atom is -0.464 e. The first-order valence-corrected chi connectivity index (χ1v) is 15.4. The highest BCUT2D eigenvalue weighted by Gasteiger charge is 2.67. The quantitative estimate of drug-likeness (QED) is 0.341. The van der Waals surface area contributed by atoms with Crippen molar-refractivity contribution in [1.82, 2.24) is 5.32 Å². The molecule has 8 atom stereocenters. The molecule has 212 valence electrons. The van der Waals surface area contributed by atoms with Gasteiger partial charge in [-0.2, -0.15) is 0 Å². The van der Waals surface area contributed by atoms with Gasteiger partial charge in [-0.1, -0.05) is 59.3 Å². The number of allylic oxidation sites excluding steroid dienone is 6. The van der Waals surface area contributed by atoms with E-state index >= 15 is 0 Å². The van der Waals surface area contributed by atoms with E-state index in [2.05, 4.69) is 52.1 Å². The maximum Gasteiger partial charge on any atom is 0.323 e. The zero-order valence-electron chi connectivity index (χ0n) is 24.9. The van der Waals surface area contributed by atoms with E-state index in [9.17, 15) is 14.4 Å². The lowest BCUT2D eigenvalue weighted by Crippen LogP contribution is -2.62. The Balaban J connectivity index is 1.32. The number of carbonyl (C=O) groups excluding carboxylic acids is 3. The maximum atomic E-state index is 12.7. The number of esters is 1. The molecular weight excluding hydrogens is 486 g/mol. The summed E-state index contributed by atoms with van der Waals surface area (Å²) in [6.45, 7) is 15.5. The second kappa shape index (κ2) is 8.74. The van der Waals surface area contributed by atoms with E-state index in [-0.39, 0.29) is 56.6 Å². The molecule has 0 aromatic carbocycles. The third-order valence-corrected chi connectivity index (χ3v) is 13.0. The van der Waals surface area contributed by atoms with Gasteiger partial charge in [0.25, 0.3) is 0 Å². The second-order valence-electron chi connectivity index (χ2n) is 15.3. The van der Waals surface area contributed by atoms with Gasteiger partial charge in [0.05, 0.1) is 6.61 Å². The lowest BCUT2D eigenvalue weighted by atomic mass is 9.34. The molecule has 5 heteroatoms. The lowest BCUT2D eigenvalue weighted by molar-refractivity contribution is -0.174. The number of rotatable bonds is 3. The van der Waals surface area contributed by atoms with E-state index in [1.807, 2.05) is 6.92 Å². The molecule has 5 aliphatic carbocycles. The summed E-state index contributed by atoms with van der Waals surface area (Å²) in [5, 5.41) is 3.28. The van der Waals surface area contributed by atoms with Crippen LogP contribution in [0.5, 0.6) is 0 Å². The Morgan fingerprint density at radius 2 is 1.74 bits per heavy atom. The summed E-state index contributed by atoms with van der Waals surface area (Å²) in [7, 11) is 0. The van der Waals surface area contributed by atoms with E-state index in [1.165, 1.54) is 18.4 Å². The molecule has 0 bridgehead atoms. The SMILES string of the molecule is CC1C(=O)C(=O)C=C2C1=CC=C1[C@@]2(C)CC[C@@]2(C)[C@@H]3C[C@](C)(COC(=O)C4CCCN4)CC[C@]3(C)CC[C@]12C. The summed E-state index contributed by atoms with van der Waals surface area (Å²) in [5.74, 6) is -0.518. The van der Waals surface area contributed by atoms with Crippen LogP contribution in [0.2, 0.25) is 0 Å². The lowest BCUT2D eigenvalue weighted by Gasteiger charge is -2.70. The van der Waals surface area contributed by atoms with Gasteiger partial charge >= 0.3 is 5.97 Å². The van der Waals surface area contributed by atoms with Crippen LogP contribution in [0.1, 0.15) is 99.3 Å². The molecule has 6 rings (SSSR count). The van der Waals surface area contributed by atoms with Crippen molar-refractivity contribution in [2.24, 2.45) is 38.9 Å².